The zero-order chi connectivity index (χ0) is 14.8. The molecule has 0 amide bonds. The third kappa shape index (κ3) is 3.36. The van der Waals surface area contributed by atoms with Gasteiger partial charge in [0.05, 0.1) is 5.60 Å². The molecule has 0 spiro atoms. The number of halogens is 1. The van der Waals surface area contributed by atoms with Crippen LogP contribution in [0.2, 0.25) is 5.02 Å². The van der Waals surface area contributed by atoms with Gasteiger partial charge in [-0.2, -0.15) is 0 Å². The standard InChI is InChI=1S/C17H25ClO2/c1-4-20-17(10-8-16(2,3)9-11-17)15(19)13-6-5-7-14(18)12-13/h5-7,12,15,19H,4,8-11H2,1-3H3. The van der Waals surface area contributed by atoms with Crippen LogP contribution in [-0.4, -0.2) is 17.3 Å². The lowest BCUT2D eigenvalue weighted by Crippen LogP contribution is -2.44. The number of hydrogen-bond donors (Lipinski definition) is 1. The Bertz CT molecular complexity index is 446. The first-order chi connectivity index (χ1) is 9.38. The van der Waals surface area contributed by atoms with Crippen LogP contribution >= 0.6 is 11.6 Å². The van der Waals surface area contributed by atoms with E-state index in [2.05, 4.69) is 13.8 Å². The summed E-state index contributed by atoms with van der Waals surface area (Å²) < 4.78 is 6.03. The highest BCUT2D eigenvalue weighted by atomic mass is 35.5. The average Bonchev–Trinajstić information content (AvgIpc) is 2.41. The fraction of sp³-hybridized carbons (Fsp3) is 0.647. The molecule has 1 saturated carbocycles. The first kappa shape index (κ1) is 15.8. The summed E-state index contributed by atoms with van der Waals surface area (Å²) in [7, 11) is 0. The molecule has 0 aliphatic heterocycles. The van der Waals surface area contributed by atoms with Crippen molar-refractivity contribution in [2.24, 2.45) is 5.41 Å². The van der Waals surface area contributed by atoms with Crippen LogP contribution in [0.1, 0.15) is 58.1 Å². The summed E-state index contributed by atoms with van der Waals surface area (Å²) in [5, 5.41) is 11.5. The van der Waals surface area contributed by atoms with E-state index in [1.165, 1.54) is 0 Å². The van der Waals surface area contributed by atoms with Crippen LogP contribution in [0.25, 0.3) is 0 Å². The molecule has 0 saturated heterocycles. The van der Waals surface area contributed by atoms with Crippen LogP contribution < -0.4 is 0 Å². The molecule has 2 nitrogen and oxygen atoms in total. The van der Waals surface area contributed by atoms with Crippen molar-refractivity contribution in [3.05, 3.63) is 34.9 Å². The van der Waals surface area contributed by atoms with Gasteiger partial charge in [0, 0.05) is 11.6 Å². The van der Waals surface area contributed by atoms with Crippen LogP contribution in [-0.2, 0) is 4.74 Å². The second-order valence-electron chi connectivity index (χ2n) is 6.62. The topological polar surface area (TPSA) is 29.5 Å². The molecule has 1 aliphatic rings. The van der Waals surface area contributed by atoms with Gasteiger partial charge in [0.2, 0.25) is 0 Å². The van der Waals surface area contributed by atoms with Gasteiger partial charge < -0.3 is 9.84 Å². The normalized spacial score (nSPS) is 22.4. The Morgan fingerprint density at radius 2 is 1.90 bits per heavy atom. The van der Waals surface area contributed by atoms with Gasteiger partial charge in [0.15, 0.2) is 0 Å². The zero-order valence-corrected chi connectivity index (χ0v) is 13.4. The van der Waals surface area contributed by atoms with E-state index in [4.69, 9.17) is 16.3 Å². The lowest BCUT2D eigenvalue weighted by molar-refractivity contribution is -0.153. The van der Waals surface area contributed by atoms with Crippen molar-refractivity contribution in [1.82, 2.24) is 0 Å². The smallest absolute Gasteiger partial charge is 0.108 e. The summed E-state index contributed by atoms with van der Waals surface area (Å²) in [6.45, 7) is 7.19. The third-order valence-electron chi connectivity index (χ3n) is 4.54. The van der Waals surface area contributed by atoms with Gasteiger partial charge in [0.25, 0.3) is 0 Å². The zero-order valence-electron chi connectivity index (χ0n) is 12.7. The minimum absolute atomic E-state index is 0.342. The van der Waals surface area contributed by atoms with Gasteiger partial charge in [-0.25, -0.2) is 0 Å². The van der Waals surface area contributed by atoms with Crippen LogP contribution in [0.3, 0.4) is 0 Å². The molecule has 0 bridgehead atoms. The summed E-state index contributed by atoms with van der Waals surface area (Å²) in [4.78, 5) is 0. The minimum atomic E-state index is -0.614. The molecule has 1 aliphatic carbocycles. The Morgan fingerprint density at radius 3 is 2.45 bits per heavy atom. The molecule has 1 N–H and O–H groups in total. The number of hydrogen-bond acceptors (Lipinski definition) is 2. The fourth-order valence-electron chi connectivity index (χ4n) is 3.11. The van der Waals surface area contributed by atoms with Gasteiger partial charge in [-0.15, -0.1) is 0 Å². The number of aliphatic hydroxyl groups is 1. The summed E-state index contributed by atoms with van der Waals surface area (Å²) in [6.07, 6.45) is 3.32. The maximum absolute atomic E-state index is 10.8. The molecule has 112 valence electrons. The molecule has 1 fully saturated rings. The fourth-order valence-corrected chi connectivity index (χ4v) is 3.31. The number of rotatable bonds is 4. The summed E-state index contributed by atoms with van der Waals surface area (Å²) in [5.41, 5.74) is 0.731. The van der Waals surface area contributed by atoms with Crippen LogP contribution in [0.5, 0.6) is 0 Å². The van der Waals surface area contributed by atoms with Crippen molar-refractivity contribution in [2.45, 2.75) is 58.2 Å². The van der Waals surface area contributed by atoms with E-state index in [-0.39, 0.29) is 0 Å². The van der Waals surface area contributed by atoms with Gasteiger partial charge in [-0.05, 0) is 55.7 Å². The SMILES string of the molecule is CCOC1(C(O)c2cccc(Cl)c2)CCC(C)(C)CC1. The molecular formula is C17H25ClO2. The minimum Gasteiger partial charge on any atom is -0.385 e. The third-order valence-corrected chi connectivity index (χ3v) is 4.78. The van der Waals surface area contributed by atoms with Crippen molar-refractivity contribution < 1.29 is 9.84 Å². The molecule has 1 aromatic carbocycles. The van der Waals surface area contributed by atoms with Crippen molar-refractivity contribution in [2.75, 3.05) is 6.61 Å². The molecular weight excluding hydrogens is 272 g/mol. The quantitative estimate of drug-likeness (QED) is 0.869. The van der Waals surface area contributed by atoms with E-state index in [1.807, 2.05) is 31.2 Å². The Kier molecular flexibility index (Phi) is 4.78. The summed E-state index contributed by atoms with van der Waals surface area (Å²) in [5.74, 6) is 0. The second kappa shape index (κ2) is 6.05. The lowest BCUT2D eigenvalue weighted by atomic mass is 9.68. The summed E-state index contributed by atoms with van der Waals surface area (Å²) in [6, 6.07) is 7.48. The van der Waals surface area contributed by atoms with E-state index in [9.17, 15) is 5.11 Å². The molecule has 1 unspecified atom stereocenters. The van der Waals surface area contributed by atoms with Crippen molar-refractivity contribution in [3.8, 4) is 0 Å². The molecule has 2 rings (SSSR count). The molecule has 0 heterocycles. The molecule has 0 radical (unpaired) electrons. The van der Waals surface area contributed by atoms with Gasteiger partial charge in [-0.1, -0.05) is 37.6 Å². The van der Waals surface area contributed by atoms with Crippen molar-refractivity contribution >= 4 is 11.6 Å². The van der Waals surface area contributed by atoms with E-state index >= 15 is 0 Å². The second-order valence-corrected chi connectivity index (χ2v) is 7.06. The predicted octanol–water partition coefficient (Wildman–Crippen LogP) is 4.75. The largest absolute Gasteiger partial charge is 0.385 e. The van der Waals surface area contributed by atoms with Crippen molar-refractivity contribution in [1.29, 1.82) is 0 Å². The average molecular weight is 297 g/mol. The molecule has 20 heavy (non-hydrogen) atoms. The van der Waals surface area contributed by atoms with Crippen LogP contribution in [0, 0.1) is 5.41 Å². The molecule has 1 aromatic rings. The number of aliphatic hydroxyl groups excluding tert-OH is 1. The van der Waals surface area contributed by atoms with Crippen LogP contribution in [0.15, 0.2) is 24.3 Å². The molecule has 0 aromatic heterocycles. The number of benzene rings is 1. The Morgan fingerprint density at radius 1 is 1.25 bits per heavy atom. The first-order valence-corrected chi connectivity index (χ1v) is 7.84. The molecule has 1 atom stereocenters. The Labute approximate surface area is 127 Å². The van der Waals surface area contributed by atoms with Crippen molar-refractivity contribution in [3.63, 3.8) is 0 Å². The first-order valence-electron chi connectivity index (χ1n) is 7.46. The van der Waals surface area contributed by atoms with E-state index in [1.54, 1.807) is 0 Å². The highest BCUT2D eigenvalue weighted by Gasteiger charge is 2.44. The maximum Gasteiger partial charge on any atom is 0.108 e. The Balaban J connectivity index is 2.24. The van der Waals surface area contributed by atoms with E-state index in [0.717, 1.165) is 31.2 Å². The highest BCUT2D eigenvalue weighted by Crippen LogP contribution is 2.47. The monoisotopic (exact) mass is 296 g/mol. The van der Waals surface area contributed by atoms with Gasteiger partial charge in [0.1, 0.15) is 6.10 Å². The lowest BCUT2D eigenvalue weighted by Gasteiger charge is -2.46. The Hall–Kier alpha value is -0.570. The summed E-state index contributed by atoms with van der Waals surface area (Å²) >= 11 is 6.04. The van der Waals surface area contributed by atoms with Gasteiger partial charge in [-0.3, -0.25) is 0 Å². The highest BCUT2D eigenvalue weighted by molar-refractivity contribution is 6.30. The number of ether oxygens (including phenoxy) is 1. The van der Waals surface area contributed by atoms with Gasteiger partial charge >= 0.3 is 0 Å². The van der Waals surface area contributed by atoms with E-state index in [0.29, 0.717) is 17.0 Å². The predicted molar refractivity (Wildman–Crippen MR) is 83.0 cm³/mol. The van der Waals surface area contributed by atoms with E-state index < -0.39 is 11.7 Å². The van der Waals surface area contributed by atoms with Crippen LogP contribution in [0.4, 0.5) is 0 Å². The molecule has 3 heteroatoms. The maximum atomic E-state index is 10.8.